The van der Waals surface area contributed by atoms with E-state index in [2.05, 4.69) is 5.32 Å². The monoisotopic (exact) mass is 278 g/mol. The summed E-state index contributed by atoms with van der Waals surface area (Å²) in [7, 11) is 0. The Hall–Kier alpha value is -1.39. The Morgan fingerprint density at radius 2 is 2.05 bits per heavy atom. The van der Waals surface area contributed by atoms with E-state index in [4.69, 9.17) is 10.5 Å². The van der Waals surface area contributed by atoms with Crippen LogP contribution < -0.4 is 11.1 Å². The Labute approximate surface area is 121 Å². The zero-order valence-corrected chi connectivity index (χ0v) is 12.5. The molecule has 0 fully saturated rings. The third-order valence-corrected chi connectivity index (χ3v) is 3.44. The minimum atomic E-state index is -0.412. The molecule has 2 unspecified atom stereocenters. The van der Waals surface area contributed by atoms with Gasteiger partial charge in [-0.25, -0.2) is 0 Å². The highest BCUT2D eigenvalue weighted by Crippen LogP contribution is 2.05. The van der Waals surface area contributed by atoms with E-state index in [9.17, 15) is 4.79 Å². The average molecular weight is 278 g/mol. The van der Waals surface area contributed by atoms with Crippen LogP contribution in [0.2, 0.25) is 0 Å². The highest BCUT2D eigenvalue weighted by molar-refractivity contribution is 5.81. The third-order valence-electron chi connectivity index (χ3n) is 3.44. The molecule has 1 aromatic rings. The van der Waals surface area contributed by atoms with Crippen molar-refractivity contribution in [2.75, 3.05) is 13.2 Å². The molecule has 1 aromatic carbocycles. The molecular formula is C16H26N2O2. The molecule has 112 valence electrons. The van der Waals surface area contributed by atoms with Gasteiger partial charge in [0.25, 0.3) is 0 Å². The lowest BCUT2D eigenvalue weighted by Crippen LogP contribution is -2.44. The summed E-state index contributed by atoms with van der Waals surface area (Å²) in [5.41, 5.74) is 7.01. The number of hydrogen-bond donors (Lipinski definition) is 2. The number of carbonyl (C=O) groups is 1. The predicted molar refractivity (Wildman–Crippen MR) is 81.2 cm³/mol. The number of amides is 1. The van der Waals surface area contributed by atoms with Gasteiger partial charge >= 0.3 is 0 Å². The fourth-order valence-electron chi connectivity index (χ4n) is 1.78. The molecule has 4 nitrogen and oxygen atoms in total. The summed E-state index contributed by atoms with van der Waals surface area (Å²) in [5.74, 6) is 0.145. The molecule has 0 saturated heterocycles. The first kappa shape index (κ1) is 16.7. The van der Waals surface area contributed by atoms with Crippen LogP contribution in [-0.2, 0) is 16.1 Å². The van der Waals surface area contributed by atoms with Gasteiger partial charge in [-0.1, -0.05) is 50.6 Å². The van der Waals surface area contributed by atoms with E-state index < -0.39 is 6.04 Å². The minimum absolute atomic E-state index is 0.0672. The van der Waals surface area contributed by atoms with Crippen molar-refractivity contribution >= 4 is 5.91 Å². The standard InChI is InChI=1S/C16H26N2O2/c1-3-13(2)15(17)16(19)18-10-7-11-20-12-14-8-5-4-6-9-14/h4-6,8-9,13,15H,3,7,10-12,17H2,1-2H3,(H,18,19). The van der Waals surface area contributed by atoms with E-state index in [0.717, 1.165) is 18.4 Å². The largest absolute Gasteiger partial charge is 0.377 e. The van der Waals surface area contributed by atoms with E-state index in [-0.39, 0.29) is 11.8 Å². The summed E-state index contributed by atoms with van der Waals surface area (Å²) in [6.45, 7) is 5.88. The molecule has 2 atom stereocenters. The summed E-state index contributed by atoms with van der Waals surface area (Å²) in [4.78, 5) is 11.7. The first-order chi connectivity index (χ1) is 9.65. The first-order valence-electron chi connectivity index (χ1n) is 7.30. The number of nitrogens with two attached hydrogens (primary N) is 1. The van der Waals surface area contributed by atoms with Gasteiger partial charge in [-0.2, -0.15) is 0 Å². The number of rotatable bonds is 9. The first-order valence-corrected chi connectivity index (χ1v) is 7.30. The van der Waals surface area contributed by atoms with E-state index in [1.54, 1.807) is 0 Å². The SMILES string of the molecule is CCC(C)C(N)C(=O)NCCCOCc1ccccc1. The van der Waals surface area contributed by atoms with Gasteiger partial charge in [-0.05, 0) is 17.9 Å². The Kier molecular flexibility index (Phi) is 7.92. The zero-order chi connectivity index (χ0) is 14.8. The number of hydrogen-bond acceptors (Lipinski definition) is 3. The average Bonchev–Trinajstić information content (AvgIpc) is 2.49. The number of ether oxygens (including phenoxy) is 1. The van der Waals surface area contributed by atoms with Crippen LogP contribution in [0.1, 0.15) is 32.3 Å². The molecule has 0 bridgehead atoms. The van der Waals surface area contributed by atoms with E-state index in [1.165, 1.54) is 0 Å². The summed E-state index contributed by atoms with van der Waals surface area (Å²) in [6.07, 6.45) is 1.71. The predicted octanol–water partition coefficient (Wildman–Crippen LogP) is 2.08. The summed E-state index contributed by atoms with van der Waals surface area (Å²) in [6, 6.07) is 9.63. The van der Waals surface area contributed by atoms with Crippen molar-refractivity contribution in [2.45, 2.75) is 39.3 Å². The second kappa shape index (κ2) is 9.50. The van der Waals surface area contributed by atoms with Gasteiger partial charge in [0.1, 0.15) is 0 Å². The van der Waals surface area contributed by atoms with Crippen molar-refractivity contribution in [2.24, 2.45) is 11.7 Å². The van der Waals surface area contributed by atoms with Crippen molar-refractivity contribution in [3.63, 3.8) is 0 Å². The molecule has 0 radical (unpaired) electrons. The van der Waals surface area contributed by atoms with Gasteiger partial charge < -0.3 is 15.8 Å². The second-order valence-corrected chi connectivity index (χ2v) is 5.09. The van der Waals surface area contributed by atoms with Gasteiger partial charge in [-0.3, -0.25) is 4.79 Å². The van der Waals surface area contributed by atoms with Crippen LogP contribution in [0.4, 0.5) is 0 Å². The minimum Gasteiger partial charge on any atom is -0.377 e. The van der Waals surface area contributed by atoms with Crippen LogP contribution in [0.5, 0.6) is 0 Å². The smallest absolute Gasteiger partial charge is 0.237 e. The van der Waals surface area contributed by atoms with Crippen molar-refractivity contribution < 1.29 is 9.53 Å². The molecule has 0 aliphatic carbocycles. The molecule has 0 heterocycles. The van der Waals surface area contributed by atoms with Gasteiger partial charge in [0.2, 0.25) is 5.91 Å². The fraction of sp³-hybridized carbons (Fsp3) is 0.562. The van der Waals surface area contributed by atoms with Gasteiger partial charge in [0, 0.05) is 13.2 Å². The van der Waals surface area contributed by atoms with Gasteiger partial charge in [0.05, 0.1) is 12.6 Å². The highest BCUT2D eigenvalue weighted by atomic mass is 16.5. The Morgan fingerprint density at radius 1 is 1.35 bits per heavy atom. The number of carbonyl (C=O) groups excluding carboxylic acids is 1. The number of nitrogens with one attached hydrogen (secondary N) is 1. The maximum Gasteiger partial charge on any atom is 0.237 e. The maximum atomic E-state index is 11.7. The van der Waals surface area contributed by atoms with Crippen LogP contribution in [0, 0.1) is 5.92 Å². The molecule has 3 N–H and O–H groups in total. The van der Waals surface area contributed by atoms with Gasteiger partial charge in [-0.15, -0.1) is 0 Å². The van der Waals surface area contributed by atoms with Crippen LogP contribution in [0.15, 0.2) is 30.3 Å². The van der Waals surface area contributed by atoms with Crippen LogP contribution in [0.25, 0.3) is 0 Å². The lowest BCUT2D eigenvalue weighted by molar-refractivity contribution is -0.123. The highest BCUT2D eigenvalue weighted by Gasteiger charge is 2.18. The van der Waals surface area contributed by atoms with Gasteiger partial charge in [0.15, 0.2) is 0 Å². The topological polar surface area (TPSA) is 64.4 Å². The van der Waals surface area contributed by atoms with Crippen molar-refractivity contribution in [1.82, 2.24) is 5.32 Å². The zero-order valence-electron chi connectivity index (χ0n) is 12.5. The van der Waals surface area contributed by atoms with Crippen molar-refractivity contribution in [3.8, 4) is 0 Å². The molecule has 0 aromatic heterocycles. The van der Waals surface area contributed by atoms with Crippen molar-refractivity contribution in [1.29, 1.82) is 0 Å². The fourth-order valence-corrected chi connectivity index (χ4v) is 1.78. The molecule has 0 saturated carbocycles. The summed E-state index contributed by atoms with van der Waals surface area (Å²) >= 11 is 0. The molecular weight excluding hydrogens is 252 g/mol. The second-order valence-electron chi connectivity index (χ2n) is 5.09. The van der Waals surface area contributed by atoms with E-state index in [0.29, 0.717) is 19.8 Å². The quantitative estimate of drug-likeness (QED) is 0.680. The Bertz CT molecular complexity index is 381. The normalized spacial score (nSPS) is 13.8. The molecule has 0 aliphatic heterocycles. The Balaban J connectivity index is 2.06. The number of benzene rings is 1. The van der Waals surface area contributed by atoms with Crippen LogP contribution in [0.3, 0.4) is 0 Å². The molecule has 0 spiro atoms. The molecule has 0 aliphatic rings. The molecule has 4 heteroatoms. The van der Waals surface area contributed by atoms with E-state index in [1.807, 2.05) is 44.2 Å². The van der Waals surface area contributed by atoms with Crippen molar-refractivity contribution in [3.05, 3.63) is 35.9 Å². The lowest BCUT2D eigenvalue weighted by Gasteiger charge is -2.17. The maximum absolute atomic E-state index is 11.7. The van der Waals surface area contributed by atoms with E-state index >= 15 is 0 Å². The summed E-state index contributed by atoms with van der Waals surface area (Å²) < 4.78 is 5.55. The Morgan fingerprint density at radius 3 is 2.70 bits per heavy atom. The lowest BCUT2D eigenvalue weighted by atomic mass is 9.99. The van der Waals surface area contributed by atoms with Crippen LogP contribution >= 0.6 is 0 Å². The molecule has 1 amide bonds. The third kappa shape index (κ3) is 6.17. The summed E-state index contributed by atoms with van der Waals surface area (Å²) in [5, 5.41) is 2.85. The van der Waals surface area contributed by atoms with Crippen LogP contribution in [-0.4, -0.2) is 25.1 Å². The molecule has 20 heavy (non-hydrogen) atoms. The molecule has 1 rings (SSSR count).